The third kappa shape index (κ3) is 1.94. The highest BCUT2D eigenvalue weighted by Crippen LogP contribution is 2.25. The maximum Gasteiger partial charge on any atom is 0.330 e. The zero-order valence-corrected chi connectivity index (χ0v) is 8.90. The summed E-state index contributed by atoms with van der Waals surface area (Å²) in [5, 5.41) is 8.92. The first-order chi connectivity index (χ1) is 7.61. The molecule has 1 aromatic heterocycles. The fraction of sp³-hybridized carbons (Fsp3) is 0.500. The van der Waals surface area contributed by atoms with Gasteiger partial charge in [0.1, 0.15) is 0 Å². The lowest BCUT2D eigenvalue weighted by Crippen LogP contribution is -2.33. The van der Waals surface area contributed by atoms with Crippen molar-refractivity contribution in [3.8, 4) is 0 Å². The van der Waals surface area contributed by atoms with E-state index in [4.69, 9.17) is 9.84 Å². The molecule has 0 spiro atoms. The van der Waals surface area contributed by atoms with Crippen molar-refractivity contribution in [3.63, 3.8) is 0 Å². The third-order valence-corrected chi connectivity index (χ3v) is 2.58. The largest absolute Gasteiger partial charge is 0.394 e. The van der Waals surface area contributed by atoms with E-state index in [-0.39, 0.29) is 12.7 Å². The molecule has 6 heteroatoms. The van der Waals surface area contributed by atoms with Gasteiger partial charge >= 0.3 is 5.69 Å². The van der Waals surface area contributed by atoms with Crippen molar-refractivity contribution in [1.82, 2.24) is 9.55 Å². The summed E-state index contributed by atoms with van der Waals surface area (Å²) in [7, 11) is 0. The molecule has 1 fully saturated rings. The van der Waals surface area contributed by atoms with Crippen LogP contribution in [0.4, 0.5) is 0 Å². The van der Waals surface area contributed by atoms with Crippen LogP contribution < -0.4 is 11.2 Å². The molecule has 0 saturated carbocycles. The molecule has 87 valence electrons. The van der Waals surface area contributed by atoms with E-state index in [9.17, 15) is 9.59 Å². The minimum Gasteiger partial charge on any atom is -0.394 e. The van der Waals surface area contributed by atoms with Crippen LogP contribution in [0.25, 0.3) is 0 Å². The van der Waals surface area contributed by atoms with Crippen molar-refractivity contribution in [3.05, 3.63) is 38.8 Å². The van der Waals surface area contributed by atoms with Crippen molar-refractivity contribution in [2.24, 2.45) is 0 Å². The SMILES string of the molecule is Cc1cn([C]2CC[C@@H](CO)O2)c(=O)[nH]c1=O. The van der Waals surface area contributed by atoms with Gasteiger partial charge in [0, 0.05) is 18.2 Å². The Labute approximate surface area is 91.5 Å². The Morgan fingerprint density at radius 2 is 2.38 bits per heavy atom. The van der Waals surface area contributed by atoms with Crippen molar-refractivity contribution in [1.29, 1.82) is 0 Å². The number of H-pyrrole nitrogens is 1. The highest BCUT2D eigenvalue weighted by molar-refractivity contribution is 5.05. The Hall–Kier alpha value is -1.40. The molecule has 2 N–H and O–H groups in total. The van der Waals surface area contributed by atoms with E-state index in [1.165, 1.54) is 10.8 Å². The van der Waals surface area contributed by atoms with Gasteiger partial charge in [-0.15, -0.1) is 0 Å². The number of nitrogens with one attached hydrogen (secondary N) is 1. The highest BCUT2D eigenvalue weighted by Gasteiger charge is 2.28. The zero-order chi connectivity index (χ0) is 11.7. The summed E-state index contributed by atoms with van der Waals surface area (Å²) in [6.45, 7) is 1.55. The van der Waals surface area contributed by atoms with E-state index in [0.717, 1.165) is 0 Å². The van der Waals surface area contributed by atoms with Crippen LogP contribution in [0.15, 0.2) is 15.8 Å². The maximum absolute atomic E-state index is 11.5. The van der Waals surface area contributed by atoms with Crippen LogP contribution in [-0.2, 0) is 4.74 Å². The van der Waals surface area contributed by atoms with Crippen LogP contribution in [0.3, 0.4) is 0 Å². The third-order valence-electron chi connectivity index (χ3n) is 2.58. The predicted octanol–water partition coefficient (Wildman–Crippen LogP) is -0.646. The number of aromatic nitrogens is 2. The van der Waals surface area contributed by atoms with E-state index in [0.29, 0.717) is 24.6 Å². The monoisotopic (exact) mass is 225 g/mol. The second-order valence-electron chi connectivity index (χ2n) is 3.80. The molecule has 2 heterocycles. The van der Waals surface area contributed by atoms with Gasteiger partial charge < -0.3 is 9.84 Å². The fourth-order valence-corrected chi connectivity index (χ4v) is 1.65. The number of hydrogen-bond donors (Lipinski definition) is 2. The first-order valence-electron chi connectivity index (χ1n) is 5.08. The van der Waals surface area contributed by atoms with Crippen LogP contribution in [0.5, 0.6) is 0 Å². The summed E-state index contributed by atoms with van der Waals surface area (Å²) in [5.41, 5.74) is -0.453. The molecule has 0 unspecified atom stereocenters. The van der Waals surface area contributed by atoms with E-state index in [2.05, 4.69) is 4.98 Å². The van der Waals surface area contributed by atoms with Gasteiger partial charge in [-0.05, 0) is 13.3 Å². The number of ether oxygens (including phenoxy) is 1. The first kappa shape index (κ1) is 11.1. The number of aromatic amines is 1. The summed E-state index contributed by atoms with van der Waals surface area (Å²) in [4.78, 5) is 24.9. The molecule has 0 aliphatic carbocycles. The Morgan fingerprint density at radius 3 is 3.00 bits per heavy atom. The van der Waals surface area contributed by atoms with Gasteiger partial charge in [-0.25, -0.2) is 4.79 Å². The summed E-state index contributed by atoms with van der Waals surface area (Å²) in [5.74, 6) is 0. The molecule has 1 radical (unpaired) electrons. The highest BCUT2D eigenvalue weighted by atomic mass is 16.5. The molecule has 0 aromatic carbocycles. The smallest absolute Gasteiger partial charge is 0.330 e. The van der Waals surface area contributed by atoms with Gasteiger partial charge in [-0.3, -0.25) is 14.3 Å². The molecule has 0 bridgehead atoms. The second-order valence-corrected chi connectivity index (χ2v) is 3.80. The van der Waals surface area contributed by atoms with Crippen LogP contribution in [-0.4, -0.2) is 27.4 Å². The minimum atomic E-state index is -0.510. The maximum atomic E-state index is 11.5. The Bertz CT molecular complexity index is 490. The van der Waals surface area contributed by atoms with Crippen molar-refractivity contribution >= 4 is 0 Å². The normalized spacial score (nSPS) is 21.5. The molecule has 1 atom stereocenters. The summed E-state index contributed by atoms with van der Waals surface area (Å²) in [6.07, 6.45) is 2.93. The van der Waals surface area contributed by atoms with Gasteiger partial charge in [-0.2, -0.15) is 0 Å². The summed E-state index contributed by atoms with van der Waals surface area (Å²) in [6, 6.07) is 0. The van der Waals surface area contributed by atoms with E-state index >= 15 is 0 Å². The van der Waals surface area contributed by atoms with Gasteiger partial charge in [0.25, 0.3) is 5.56 Å². The van der Waals surface area contributed by atoms with E-state index in [1.54, 1.807) is 6.92 Å². The minimum absolute atomic E-state index is 0.0689. The summed E-state index contributed by atoms with van der Waals surface area (Å²) < 4.78 is 6.66. The lowest BCUT2D eigenvalue weighted by Gasteiger charge is -2.13. The lowest BCUT2D eigenvalue weighted by molar-refractivity contribution is 0.0509. The number of nitrogens with zero attached hydrogens (tertiary/aromatic N) is 1. The molecular weight excluding hydrogens is 212 g/mol. The average molecular weight is 225 g/mol. The number of hydrogen-bond acceptors (Lipinski definition) is 4. The number of aliphatic hydroxyl groups is 1. The molecule has 6 nitrogen and oxygen atoms in total. The van der Waals surface area contributed by atoms with E-state index < -0.39 is 11.2 Å². The number of aliphatic hydroxyl groups excluding tert-OH is 1. The zero-order valence-electron chi connectivity index (χ0n) is 8.90. The quantitative estimate of drug-likeness (QED) is 0.700. The van der Waals surface area contributed by atoms with Crippen LogP contribution in [0.1, 0.15) is 18.4 Å². The lowest BCUT2D eigenvalue weighted by atomic mass is 10.2. The van der Waals surface area contributed by atoms with E-state index in [1.807, 2.05) is 0 Å². The Kier molecular flexibility index (Phi) is 2.93. The standard InChI is InChI=1S/C10H13N2O4/c1-6-4-12(10(15)11-9(6)14)8-3-2-7(5-13)16-8/h4,7,13H,2-3,5H2,1H3,(H,11,14,15)/t7-/m0/s1. The predicted molar refractivity (Wildman–Crippen MR) is 55.9 cm³/mol. The molecule has 1 saturated heterocycles. The second kappa shape index (κ2) is 4.23. The van der Waals surface area contributed by atoms with Gasteiger partial charge in [0.15, 0.2) is 6.23 Å². The molecule has 1 aliphatic heterocycles. The average Bonchev–Trinajstić information content (AvgIpc) is 2.71. The molecule has 16 heavy (non-hydrogen) atoms. The van der Waals surface area contributed by atoms with Gasteiger partial charge in [0.05, 0.1) is 12.7 Å². The summed E-state index contributed by atoms with van der Waals surface area (Å²) >= 11 is 0. The van der Waals surface area contributed by atoms with Crippen LogP contribution in [0.2, 0.25) is 0 Å². The first-order valence-corrected chi connectivity index (χ1v) is 5.08. The Balaban J connectivity index is 2.32. The van der Waals surface area contributed by atoms with Gasteiger partial charge in [0.2, 0.25) is 0 Å². The van der Waals surface area contributed by atoms with Gasteiger partial charge in [-0.1, -0.05) is 0 Å². The fourth-order valence-electron chi connectivity index (χ4n) is 1.65. The topological polar surface area (TPSA) is 84.3 Å². The molecular formula is C10H13N2O4. The molecule has 2 rings (SSSR count). The molecule has 1 aromatic rings. The van der Waals surface area contributed by atoms with Crippen molar-refractivity contribution in [2.45, 2.75) is 25.9 Å². The van der Waals surface area contributed by atoms with Crippen LogP contribution in [0, 0.1) is 13.2 Å². The molecule has 0 amide bonds. The molecule has 1 aliphatic rings. The van der Waals surface area contributed by atoms with Crippen LogP contribution >= 0.6 is 0 Å². The number of aryl methyl sites for hydroxylation is 1. The van der Waals surface area contributed by atoms with Crippen molar-refractivity contribution in [2.75, 3.05) is 6.61 Å². The number of rotatable bonds is 2. The Morgan fingerprint density at radius 1 is 1.62 bits per heavy atom. The van der Waals surface area contributed by atoms with Crippen molar-refractivity contribution < 1.29 is 9.84 Å².